The van der Waals surface area contributed by atoms with E-state index in [9.17, 15) is 9.18 Å². The molecule has 0 N–H and O–H groups in total. The van der Waals surface area contributed by atoms with Crippen molar-refractivity contribution in [2.45, 2.75) is 0 Å². The van der Waals surface area contributed by atoms with E-state index in [0.29, 0.717) is 10.8 Å². The number of hydrogen-bond acceptors (Lipinski definition) is 3. The molecule has 0 aliphatic carbocycles. The average Bonchev–Trinajstić information content (AvgIpc) is 2.38. The highest BCUT2D eigenvalue weighted by Gasteiger charge is 2.15. The minimum atomic E-state index is -0.568. The number of aromatic nitrogens is 1. The van der Waals surface area contributed by atoms with Gasteiger partial charge in [-0.25, -0.2) is 4.39 Å². The van der Waals surface area contributed by atoms with E-state index in [2.05, 4.69) is 4.98 Å². The summed E-state index contributed by atoms with van der Waals surface area (Å²) >= 11 is 5.84. The molecule has 1 aromatic carbocycles. The molecule has 2 aromatic rings. The van der Waals surface area contributed by atoms with E-state index >= 15 is 0 Å². The van der Waals surface area contributed by atoms with Gasteiger partial charge in [0.25, 0.3) is 0 Å². The van der Waals surface area contributed by atoms with Gasteiger partial charge in [0, 0.05) is 16.8 Å². The molecule has 18 heavy (non-hydrogen) atoms. The summed E-state index contributed by atoms with van der Waals surface area (Å²) in [6, 6.07) is 5.80. The van der Waals surface area contributed by atoms with Crippen LogP contribution in [-0.4, -0.2) is 17.9 Å². The molecule has 0 fully saturated rings. The second kappa shape index (κ2) is 5.14. The van der Waals surface area contributed by atoms with Gasteiger partial charge in [-0.2, -0.15) is 0 Å². The van der Waals surface area contributed by atoms with Crippen molar-refractivity contribution in [2.24, 2.45) is 0 Å². The van der Waals surface area contributed by atoms with Gasteiger partial charge in [0.15, 0.2) is 5.78 Å². The van der Waals surface area contributed by atoms with Gasteiger partial charge in [0.2, 0.25) is 0 Å². The molecule has 0 unspecified atom stereocenters. The van der Waals surface area contributed by atoms with Gasteiger partial charge < -0.3 is 4.74 Å². The minimum Gasteiger partial charge on any atom is -0.496 e. The normalized spacial score (nSPS) is 10.2. The third kappa shape index (κ3) is 2.49. The molecule has 92 valence electrons. The lowest BCUT2D eigenvalue weighted by Gasteiger charge is -2.07. The van der Waals surface area contributed by atoms with Gasteiger partial charge in [0.1, 0.15) is 11.6 Å². The molecular weight excluding hydrogens is 257 g/mol. The van der Waals surface area contributed by atoms with Gasteiger partial charge in [-0.05, 0) is 24.3 Å². The van der Waals surface area contributed by atoms with Crippen LogP contribution in [-0.2, 0) is 0 Å². The number of carbonyl (C=O) groups excluding carboxylic acids is 1. The van der Waals surface area contributed by atoms with E-state index in [1.54, 1.807) is 12.1 Å². The van der Waals surface area contributed by atoms with Crippen LogP contribution in [0.3, 0.4) is 0 Å². The summed E-state index contributed by atoms with van der Waals surface area (Å²) in [6.07, 6.45) is 2.33. The summed E-state index contributed by atoms with van der Waals surface area (Å²) in [5.74, 6) is -0.572. The van der Waals surface area contributed by atoms with Crippen LogP contribution in [0.15, 0.2) is 36.7 Å². The summed E-state index contributed by atoms with van der Waals surface area (Å²) in [6.45, 7) is 0. The Labute approximate surface area is 108 Å². The zero-order valence-electron chi connectivity index (χ0n) is 9.48. The fourth-order valence-electron chi connectivity index (χ4n) is 1.55. The number of rotatable bonds is 3. The number of halogens is 2. The monoisotopic (exact) mass is 265 g/mol. The molecule has 3 nitrogen and oxygen atoms in total. The molecule has 2 rings (SSSR count). The minimum absolute atomic E-state index is 0.149. The Morgan fingerprint density at radius 1 is 1.33 bits per heavy atom. The average molecular weight is 266 g/mol. The molecule has 5 heteroatoms. The first-order valence-electron chi connectivity index (χ1n) is 5.10. The van der Waals surface area contributed by atoms with Crippen molar-refractivity contribution >= 4 is 17.4 Å². The number of pyridine rings is 1. The first-order chi connectivity index (χ1) is 8.61. The molecule has 0 aliphatic rings. The maximum atomic E-state index is 13.0. The standard InChI is InChI=1S/C13H9ClFNO2/c1-18-12-3-2-9(14)5-11(12)13(17)8-4-10(15)7-16-6-8/h2-7H,1H3. The van der Waals surface area contributed by atoms with Crippen LogP contribution in [0.4, 0.5) is 4.39 Å². The summed E-state index contributed by atoms with van der Waals surface area (Å²) in [7, 11) is 1.45. The van der Waals surface area contributed by atoms with E-state index < -0.39 is 5.82 Å². The Hall–Kier alpha value is -1.94. The smallest absolute Gasteiger partial charge is 0.198 e. The Morgan fingerprint density at radius 2 is 2.11 bits per heavy atom. The van der Waals surface area contributed by atoms with Crippen LogP contribution in [0.25, 0.3) is 0 Å². The molecule has 0 saturated carbocycles. The molecule has 0 radical (unpaired) electrons. The Bertz CT molecular complexity index is 601. The summed E-state index contributed by atoms with van der Waals surface area (Å²) < 4.78 is 18.1. The van der Waals surface area contributed by atoms with Crippen LogP contribution >= 0.6 is 11.6 Å². The van der Waals surface area contributed by atoms with Crippen molar-refractivity contribution in [3.8, 4) is 5.75 Å². The van der Waals surface area contributed by atoms with Crippen molar-refractivity contribution in [1.82, 2.24) is 4.98 Å². The molecule has 0 spiro atoms. The third-order valence-corrected chi connectivity index (χ3v) is 2.61. The fraction of sp³-hybridized carbons (Fsp3) is 0.0769. The van der Waals surface area contributed by atoms with E-state index in [0.717, 1.165) is 12.3 Å². The Kier molecular flexibility index (Phi) is 3.58. The molecule has 0 aliphatic heterocycles. The number of ketones is 1. The van der Waals surface area contributed by atoms with E-state index in [-0.39, 0.29) is 16.9 Å². The van der Waals surface area contributed by atoms with Crippen molar-refractivity contribution in [3.05, 3.63) is 58.6 Å². The number of benzene rings is 1. The Morgan fingerprint density at radius 3 is 2.78 bits per heavy atom. The maximum Gasteiger partial charge on any atom is 0.198 e. The van der Waals surface area contributed by atoms with E-state index in [1.807, 2.05) is 0 Å². The zero-order chi connectivity index (χ0) is 13.1. The molecular formula is C13H9ClFNO2. The van der Waals surface area contributed by atoms with Crippen LogP contribution in [0.1, 0.15) is 15.9 Å². The van der Waals surface area contributed by atoms with Crippen LogP contribution in [0, 0.1) is 5.82 Å². The van der Waals surface area contributed by atoms with Crippen molar-refractivity contribution in [1.29, 1.82) is 0 Å². The summed E-state index contributed by atoms with van der Waals surface area (Å²) in [5, 5.41) is 0.406. The highest BCUT2D eigenvalue weighted by atomic mass is 35.5. The van der Waals surface area contributed by atoms with E-state index in [4.69, 9.17) is 16.3 Å². The second-order valence-electron chi connectivity index (χ2n) is 3.57. The van der Waals surface area contributed by atoms with Crippen LogP contribution < -0.4 is 4.74 Å². The van der Waals surface area contributed by atoms with Crippen molar-refractivity contribution in [3.63, 3.8) is 0 Å². The molecule has 0 atom stereocenters. The molecule has 0 amide bonds. The largest absolute Gasteiger partial charge is 0.496 e. The zero-order valence-corrected chi connectivity index (χ0v) is 10.2. The van der Waals surface area contributed by atoms with Crippen LogP contribution in [0.5, 0.6) is 5.75 Å². The lowest BCUT2D eigenvalue weighted by molar-refractivity contribution is 0.103. The topological polar surface area (TPSA) is 39.2 Å². The first-order valence-corrected chi connectivity index (χ1v) is 5.48. The SMILES string of the molecule is COc1ccc(Cl)cc1C(=O)c1cncc(F)c1. The number of methoxy groups -OCH3 is 1. The van der Waals surface area contributed by atoms with Gasteiger partial charge >= 0.3 is 0 Å². The molecule has 0 saturated heterocycles. The van der Waals surface area contributed by atoms with Gasteiger partial charge in [0.05, 0.1) is 18.9 Å². The maximum absolute atomic E-state index is 13.0. The van der Waals surface area contributed by atoms with E-state index in [1.165, 1.54) is 19.4 Å². The van der Waals surface area contributed by atoms with Gasteiger partial charge in [-0.15, -0.1) is 0 Å². The van der Waals surface area contributed by atoms with Gasteiger partial charge in [-0.1, -0.05) is 11.6 Å². The lowest BCUT2D eigenvalue weighted by atomic mass is 10.0. The predicted octanol–water partition coefficient (Wildman–Crippen LogP) is 3.11. The summed E-state index contributed by atoms with van der Waals surface area (Å²) in [4.78, 5) is 15.8. The number of ether oxygens (including phenoxy) is 1. The Balaban J connectivity index is 2.48. The highest BCUT2D eigenvalue weighted by Crippen LogP contribution is 2.25. The van der Waals surface area contributed by atoms with Crippen molar-refractivity contribution in [2.75, 3.05) is 7.11 Å². The molecule has 0 bridgehead atoms. The fourth-order valence-corrected chi connectivity index (χ4v) is 1.72. The number of carbonyl (C=O) groups is 1. The number of hydrogen-bond donors (Lipinski definition) is 0. The molecule has 1 heterocycles. The highest BCUT2D eigenvalue weighted by molar-refractivity contribution is 6.31. The third-order valence-electron chi connectivity index (χ3n) is 2.37. The van der Waals surface area contributed by atoms with Crippen LogP contribution in [0.2, 0.25) is 5.02 Å². The summed E-state index contributed by atoms with van der Waals surface area (Å²) in [5.41, 5.74) is 0.424. The first kappa shape index (κ1) is 12.5. The lowest BCUT2D eigenvalue weighted by Crippen LogP contribution is -2.05. The second-order valence-corrected chi connectivity index (χ2v) is 4.00. The quantitative estimate of drug-likeness (QED) is 0.801. The van der Waals surface area contributed by atoms with Gasteiger partial charge in [-0.3, -0.25) is 9.78 Å². The predicted molar refractivity (Wildman–Crippen MR) is 65.6 cm³/mol. The van der Waals surface area contributed by atoms with Crippen molar-refractivity contribution < 1.29 is 13.9 Å². The number of nitrogens with zero attached hydrogens (tertiary/aromatic N) is 1. The molecule has 1 aromatic heterocycles.